The normalized spacial score (nSPS) is 16.4. The lowest BCUT2D eigenvalue weighted by molar-refractivity contribution is 0.244. The molecule has 5 nitrogen and oxygen atoms in total. The van der Waals surface area contributed by atoms with Gasteiger partial charge in [0.05, 0.1) is 6.54 Å². The van der Waals surface area contributed by atoms with Gasteiger partial charge in [-0.05, 0) is 18.2 Å². The summed E-state index contributed by atoms with van der Waals surface area (Å²) >= 11 is 6.06. The van der Waals surface area contributed by atoms with Crippen LogP contribution in [0.2, 0.25) is 5.02 Å². The van der Waals surface area contributed by atoms with Gasteiger partial charge in [-0.15, -0.1) is 0 Å². The van der Waals surface area contributed by atoms with Gasteiger partial charge >= 0.3 is 0 Å². The maximum atomic E-state index is 6.06. The Balaban J connectivity index is 1.55. The summed E-state index contributed by atoms with van der Waals surface area (Å²) in [5.41, 5.74) is 1.20. The largest absolute Gasteiger partial charge is 0.369 e. The van der Waals surface area contributed by atoms with Crippen molar-refractivity contribution in [1.82, 2.24) is 20.1 Å². The molecule has 1 aromatic carbocycles. The fraction of sp³-hybridized carbons (Fsp3) is 0.467. The Morgan fingerprint density at radius 2 is 2.05 bits per heavy atom. The third-order valence-electron chi connectivity index (χ3n) is 3.81. The SMILES string of the molecule is CCc1n[nH]c(CN2CCN(c3cccc(Cl)c3)CC2)n1. The zero-order valence-corrected chi connectivity index (χ0v) is 13.0. The summed E-state index contributed by atoms with van der Waals surface area (Å²) in [6.45, 7) is 6.97. The number of hydrogen-bond acceptors (Lipinski definition) is 4. The van der Waals surface area contributed by atoms with Gasteiger partial charge in [0.2, 0.25) is 0 Å². The van der Waals surface area contributed by atoms with E-state index < -0.39 is 0 Å². The van der Waals surface area contributed by atoms with Crippen molar-refractivity contribution in [2.24, 2.45) is 0 Å². The van der Waals surface area contributed by atoms with Gasteiger partial charge in [-0.1, -0.05) is 24.6 Å². The second-order valence-corrected chi connectivity index (χ2v) is 5.73. The molecule has 1 fully saturated rings. The lowest BCUT2D eigenvalue weighted by Gasteiger charge is -2.35. The van der Waals surface area contributed by atoms with Gasteiger partial charge in [0.25, 0.3) is 0 Å². The highest BCUT2D eigenvalue weighted by atomic mass is 35.5. The van der Waals surface area contributed by atoms with Crippen molar-refractivity contribution < 1.29 is 0 Å². The van der Waals surface area contributed by atoms with E-state index in [0.717, 1.165) is 55.8 Å². The summed E-state index contributed by atoms with van der Waals surface area (Å²) in [6, 6.07) is 8.06. The monoisotopic (exact) mass is 305 g/mol. The molecule has 1 aliphatic rings. The van der Waals surface area contributed by atoms with Gasteiger partial charge in [0, 0.05) is 43.3 Å². The highest BCUT2D eigenvalue weighted by molar-refractivity contribution is 6.30. The molecule has 0 radical (unpaired) electrons. The minimum Gasteiger partial charge on any atom is -0.369 e. The van der Waals surface area contributed by atoms with E-state index in [2.05, 4.69) is 38.0 Å². The zero-order chi connectivity index (χ0) is 14.7. The Labute approximate surface area is 129 Å². The van der Waals surface area contributed by atoms with Crippen LogP contribution in [-0.4, -0.2) is 46.3 Å². The van der Waals surface area contributed by atoms with Crippen LogP contribution in [0, 0.1) is 0 Å². The molecule has 1 N–H and O–H groups in total. The van der Waals surface area contributed by atoms with Gasteiger partial charge in [0.15, 0.2) is 0 Å². The average molecular weight is 306 g/mol. The second kappa shape index (κ2) is 6.45. The van der Waals surface area contributed by atoms with Crippen molar-refractivity contribution in [2.75, 3.05) is 31.1 Å². The highest BCUT2D eigenvalue weighted by Gasteiger charge is 2.18. The van der Waals surface area contributed by atoms with Gasteiger partial charge < -0.3 is 4.90 Å². The van der Waals surface area contributed by atoms with Gasteiger partial charge in [-0.3, -0.25) is 10.00 Å². The summed E-state index contributed by atoms with van der Waals surface area (Å²) < 4.78 is 0. The molecule has 2 heterocycles. The van der Waals surface area contributed by atoms with Crippen LogP contribution in [0.15, 0.2) is 24.3 Å². The van der Waals surface area contributed by atoms with Crippen molar-refractivity contribution in [3.05, 3.63) is 40.9 Å². The minimum absolute atomic E-state index is 0.795. The van der Waals surface area contributed by atoms with E-state index in [4.69, 9.17) is 11.6 Å². The topological polar surface area (TPSA) is 48.1 Å². The maximum absolute atomic E-state index is 6.06. The Kier molecular flexibility index (Phi) is 4.41. The number of nitrogens with zero attached hydrogens (tertiary/aromatic N) is 4. The quantitative estimate of drug-likeness (QED) is 0.942. The number of hydrogen-bond donors (Lipinski definition) is 1. The number of aromatic amines is 1. The molecule has 6 heteroatoms. The number of benzene rings is 1. The first-order valence-corrected chi connectivity index (χ1v) is 7.75. The van der Waals surface area contributed by atoms with E-state index in [-0.39, 0.29) is 0 Å². The lowest BCUT2D eigenvalue weighted by Crippen LogP contribution is -2.46. The van der Waals surface area contributed by atoms with Crippen molar-refractivity contribution in [3.8, 4) is 0 Å². The number of H-pyrrole nitrogens is 1. The van der Waals surface area contributed by atoms with E-state index in [1.54, 1.807) is 0 Å². The van der Waals surface area contributed by atoms with Gasteiger partial charge in [-0.25, -0.2) is 4.98 Å². The van der Waals surface area contributed by atoms with Crippen molar-refractivity contribution in [1.29, 1.82) is 0 Å². The molecule has 0 atom stereocenters. The first kappa shape index (κ1) is 14.4. The molecule has 0 spiro atoms. The van der Waals surface area contributed by atoms with Crippen molar-refractivity contribution >= 4 is 17.3 Å². The van der Waals surface area contributed by atoms with Crippen LogP contribution in [0.3, 0.4) is 0 Å². The summed E-state index contributed by atoms with van der Waals surface area (Å²) in [5, 5.41) is 8.00. The van der Waals surface area contributed by atoms with Crippen LogP contribution >= 0.6 is 11.6 Å². The number of rotatable bonds is 4. The predicted molar refractivity (Wildman–Crippen MR) is 84.7 cm³/mol. The van der Waals surface area contributed by atoms with Crippen LogP contribution in [-0.2, 0) is 13.0 Å². The molecular formula is C15H20ClN5. The van der Waals surface area contributed by atoms with E-state index in [1.807, 2.05) is 18.2 Å². The predicted octanol–water partition coefficient (Wildman–Crippen LogP) is 2.34. The fourth-order valence-corrected chi connectivity index (χ4v) is 2.80. The zero-order valence-electron chi connectivity index (χ0n) is 12.2. The molecule has 2 aromatic rings. The van der Waals surface area contributed by atoms with E-state index in [0.29, 0.717) is 0 Å². The number of aryl methyl sites for hydroxylation is 1. The smallest absolute Gasteiger partial charge is 0.150 e. The standard InChI is InChI=1S/C15H20ClN5/c1-2-14-17-15(19-18-14)11-20-6-8-21(9-7-20)13-5-3-4-12(16)10-13/h3-5,10H,2,6-9,11H2,1H3,(H,17,18,19). The first-order chi connectivity index (χ1) is 10.2. The summed E-state index contributed by atoms with van der Waals surface area (Å²) in [5.74, 6) is 1.85. The molecule has 0 saturated carbocycles. The molecule has 1 saturated heterocycles. The number of piperazine rings is 1. The average Bonchev–Trinajstić information content (AvgIpc) is 2.96. The summed E-state index contributed by atoms with van der Waals surface area (Å²) in [6.07, 6.45) is 0.874. The molecule has 112 valence electrons. The van der Waals surface area contributed by atoms with Crippen LogP contribution in [0.1, 0.15) is 18.6 Å². The number of aromatic nitrogens is 3. The van der Waals surface area contributed by atoms with Crippen LogP contribution in [0.4, 0.5) is 5.69 Å². The van der Waals surface area contributed by atoms with Crippen LogP contribution in [0.5, 0.6) is 0 Å². The Hall–Kier alpha value is -1.59. The van der Waals surface area contributed by atoms with Crippen LogP contribution < -0.4 is 4.90 Å². The molecule has 0 unspecified atom stereocenters. The van der Waals surface area contributed by atoms with E-state index in [9.17, 15) is 0 Å². The second-order valence-electron chi connectivity index (χ2n) is 5.29. The van der Waals surface area contributed by atoms with Crippen molar-refractivity contribution in [3.63, 3.8) is 0 Å². The Morgan fingerprint density at radius 1 is 1.24 bits per heavy atom. The molecular weight excluding hydrogens is 286 g/mol. The van der Waals surface area contributed by atoms with Crippen molar-refractivity contribution in [2.45, 2.75) is 19.9 Å². The Morgan fingerprint density at radius 3 is 2.71 bits per heavy atom. The lowest BCUT2D eigenvalue weighted by atomic mass is 10.2. The fourth-order valence-electron chi connectivity index (χ4n) is 2.61. The van der Waals surface area contributed by atoms with Gasteiger partial charge in [0.1, 0.15) is 11.6 Å². The third kappa shape index (κ3) is 3.54. The number of nitrogens with one attached hydrogen (secondary N) is 1. The van der Waals surface area contributed by atoms with E-state index >= 15 is 0 Å². The Bertz CT molecular complexity index is 589. The van der Waals surface area contributed by atoms with E-state index in [1.165, 1.54) is 5.69 Å². The third-order valence-corrected chi connectivity index (χ3v) is 4.05. The molecule has 0 bridgehead atoms. The molecule has 3 rings (SSSR count). The molecule has 1 aromatic heterocycles. The number of anilines is 1. The minimum atomic E-state index is 0.795. The van der Waals surface area contributed by atoms with Crippen LogP contribution in [0.25, 0.3) is 0 Å². The first-order valence-electron chi connectivity index (χ1n) is 7.37. The number of halogens is 1. The highest BCUT2D eigenvalue weighted by Crippen LogP contribution is 2.21. The molecule has 1 aliphatic heterocycles. The molecule has 0 aliphatic carbocycles. The molecule has 21 heavy (non-hydrogen) atoms. The summed E-state index contributed by atoms with van der Waals surface area (Å²) in [7, 11) is 0. The van der Waals surface area contributed by atoms with Gasteiger partial charge in [-0.2, -0.15) is 5.10 Å². The molecule has 0 amide bonds. The maximum Gasteiger partial charge on any atom is 0.150 e. The summed E-state index contributed by atoms with van der Waals surface area (Å²) in [4.78, 5) is 9.25.